The van der Waals surface area contributed by atoms with E-state index >= 15 is 0 Å². The van der Waals surface area contributed by atoms with Gasteiger partial charge < -0.3 is 55.0 Å². The molecular formula is C45H55N7O11. The Labute approximate surface area is 365 Å². The Balaban J connectivity index is 0.950. The molecule has 5 N–H and O–H groups in total. The molecule has 336 valence electrons. The lowest BCUT2D eigenvalue weighted by Crippen LogP contribution is -2.60. The average molecular weight is 870 g/mol. The minimum atomic E-state index is -1.40. The number of nitrogens with zero attached hydrogens (tertiary/aromatic N) is 4. The fourth-order valence-electron chi connectivity index (χ4n) is 7.64. The Hall–Kier alpha value is -6.40. The SMILES string of the molecule is COc1cc2c(cc1OCCCCCOc1cc3c(cc1OC)C(=O)N1CCC1[C@H](O)N3C(=O)OCc1ccc(NC(=O)C(C)NC(=O)[C@@H](N)C(C)C)cc1)N=C[C@@H]1CCN1C2=O. The fraction of sp³-hybridized carbons (Fsp3) is 0.467. The highest BCUT2D eigenvalue weighted by Crippen LogP contribution is 2.42. The van der Waals surface area contributed by atoms with E-state index in [0.717, 1.165) is 17.7 Å². The van der Waals surface area contributed by atoms with Crippen LogP contribution in [0.15, 0.2) is 53.5 Å². The Morgan fingerprint density at radius 3 is 2.06 bits per heavy atom. The maximum atomic E-state index is 13.8. The number of aliphatic hydroxyl groups is 1. The lowest BCUT2D eigenvalue weighted by atomic mass is 10.0. The monoisotopic (exact) mass is 869 g/mol. The molecule has 4 aliphatic heterocycles. The van der Waals surface area contributed by atoms with Crippen LogP contribution in [0.5, 0.6) is 23.0 Å². The zero-order valence-electron chi connectivity index (χ0n) is 36.1. The zero-order valence-corrected chi connectivity index (χ0v) is 36.1. The Morgan fingerprint density at radius 1 is 0.825 bits per heavy atom. The quantitative estimate of drug-likeness (QED) is 0.139. The van der Waals surface area contributed by atoms with E-state index in [-0.39, 0.29) is 59.7 Å². The lowest BCUT2D eigenvalue weighted by molar-refractivity contribution is -0.127. The molecule has 63 heavy (non-hydrogen) atoms. The molecule has 4 heterocycles. The number of hydrogen-bond donors (Lipinski definition) is 4. The standard InChI is InChI=1S/C45H55N7O11/c1-25(2)39(46)41(54)48-26(3)40(53)49-28-11-9-27(10-12-28)24-63-45(58)52-34-22-38(36(60-5)20-31(34)43(56)51-16-14-33(51)44(52)57)62-18-8-6-7-17-61-37-21-32-30(19-35(37)59-4)42(55)50-15-13-29(50)23-47-32/h9-12,19-23,25-26,29,33,39,44,57H,6-8,13-18,24,46H2,1-5H3,(H,48,54)(H,49,53)/t26?,29-,33?,39-,44-/m0/s1. The van der Waals surface area contributed by atoms with Crippen molar-refractivity contribution < 1.29 is 52.8 Å². The number of nitrogens with two attached hydrogens (primary N) is 1. The second kappa shape index (κ2) is 19.3. The highest BCUT2D eigenvalue weighted by molar-refractivity contribution is 6.06. The second-order valence-corrected chi connectivity index (χ2v) is 16.3. The van der Waals surface area contributed by atoms with Gasteiger partial charge in [-0.3, -0.25) is 24.2 Å². The number of fused-ring (bicyclic) bond motifs is 4. The van der Waals surface area contributed by atoms with E-state index in [9.17, 15) is 29.1 Å². The van der Waals surface area contributed by atoms with Crippen molar-refractivity contribution in [3.8, 4) is 23.0 Å². The molecule has 5 atom stereocenters. The summed E-state index contributed by atoms with van der Waals surface area (Å²) in [6.07, 6.45) is 2.97. The number of methoxy groups -OCH3 is 2. The molecule has 0 aliphatic carbocycles. The molecule has 0 radical (unpaired) electrons. The number of unbranched alkanes of at least 4 members (excludes halogenated alkanes) is 2. The van der Waals surface area contributed by atoms with Crippen molar-refractivity contribution in [1.82, 2.24) is 15.1 Å². The van der Waals surface area contributed by atoms with Crippen LogP contribution < -0.4 is 40.2 Å². The number of aliphatic hydroxyl groups excluding tert-OH is 1. The summed E-state index contributed by atoms with van der Waals surface area (Å²) in [7, 11) is 2.99. The maximum Gasteiger partial charge on any atom is 0.416 e. The number of aliphatic imine (C=N–C) groups is 1. The van der Waals surface area contributed by atoms with E-state index in [1.54, 1.807) is 54.4 Å². The van der Waals surface area contributed by atoms with Crippen LogP contribution in [0.4, 0.5) is 21.9 Å². The van der Waals surface area contributed by atoms with Gasteiger partial charge in [0.2, 0.25) is 11.8 Å². The van der Waals surface area contributed by atoms with Crippen molar-refractivity contribution in [2.24, 2.45) is 16.6 Å². The average Bonchev–Trinajstić information content (AvgIpc) is 3.36. The number of benzene rings is 3. The van der Waals surface area contributed by atoms with Crippen LogP contribution >= 0.6 is 0 Å². The van der Waals surface area contributed by atoms with Crippen molar-refractivity contribution >= 4 is 53.0 Å². The number of carbonyl (C=O) groups is 5. The van der Waals surface area contributed by atoms with Crippen LogP contribution in [0.2, 0.25) is 0 Å². The molecule has 0 spiro atoms. The van der Waals surface area contributed by atoms with Gasteiger partial charge in [0.1, 0.15) is 12.6 Å². The fourth-order valence-corrected chi connectivity index (χ4v) is 7.64. The first kappa shape index (κ1) is 44.6. The molecule has 2 saturated heterocycles. The zero-order chi connectivity index (χ0) is 44.9. The Kier molecular flexibility index (Phi) is 13.7. The van der Waals surface area contributed by atoms with E-state index in [0.29, 0.717) is 73.0 Å². The van der Waals surface area contributed by atoms with E-state index in [4.69, 9.17) is 29.4 Å². The van der Waals surface area contributed by atoms with E-state index < -0.39 is 42.3 Å². The van der Waals surface area contributed by atoms with Gasteiger partial charge in [-0.15, -0.1) is 0 Å². The van der Waals surface area contributed by atoms with Gasteiger partial charge in [-0.25, -0.2) is 9.69 Å². The van der Waals surface area contributed by atoms with Crippen molar-refractivity contribution in [2.45, 2.75) is 89.9 Å². The summed E-state index contributed by atoms with van der Waals surface area (Å²) in [5.41, 5.74) is 8.26. The van der Waals surface area contributed by atoms with Crippen molar-refractivity contribution in [2.75, 3.05) is 50.7 Å². The first-order valence-electron chi connectivity index (χ1n) is 21.2. The third-order valence-corrected chi connectivity index (χ3v) is 11.8. The number of amides is 5. The Bertz CT molecular complexity index is 2250. The third-order valence-electron chi connectivity index (χ3n) is 11.8. The predicted octanol–water partition coefficient (Wildman–Crippen LogP) is 4.38. The Morgan fingerprint density at radius 2 is 1.46 bits per heavy atom. The van der Waals surface area contributed by atoms with Gasteiger partial charge in [0.25, 0.3) is 11.8 Å². The van der Waals surface area contributed by atoms with Gasteiger partial charge in [0.05, 0.1) is 68.1 Å². The molecule has 3 aromatic carbocycles. The number of hydrogen-bond acceptors (Lipinski definition) is 13. The molecule has 0 aromatic heterocycles. The topological polar surface area (TPSA) is 224 Å². The highest BCUT2D eigenvalue weighted by atomic mass is 16.6. The van der Waals surface area contributed by atoms with E-state index in [1.807, 2.05) is 13.8 Å². The van der Waals surface area contributed by atoms with Crippen molar-refractivity contribution in [3.63, 3.8) is 0 Å². The summed E-state index contributed by atoms with van der Waals surface area (Å²) in [5.74, 6) is 0.158. The summed E-state index contributed by atoms with van der Waals surface area (Å²) < 4.78 is 29.1. The minimum absolute atomic E-state index is 0.0198. The van der Waals surface area contributed by atoms with E-state index in [2.05, 4.69) is 15.6 Å². The highest BCUT2D eigenvalue weighted by Gasteiger charge is 2.47. The number of anilines is 2. The summed E-state index contributed by atoms with van der Waals surface area (Å²) >= 11 is 0. The predicted molar refractivity (Wildman–Crippen MR) is 232 cm³/mol. The molecule has 4 aliphatic rings. The van der Waals surface area contributed by atoms with Crippen LogP contribution in [-0.2, 0) is 20.9 Å². The van der Waals surface area contributed by atoms with Crippen LogP contribution in [0.1, 0.15) is 79.2 Å². The molecule has 7 rings (SSSR count). The van der Waals surface area contributed by atoms with Crippen LogP contribution in [-0.4, -0.2) is 122 Å². The molecule has 18 nitrogen and oxygen atoms in total. The molecular weight excluding hydrogens is 815 g/mol. The van der Waals surface area contributed by atoms with Gasteiger partial charge in [0, 0.05) is 37.1 Å². The molecule has 2 unspecified atom stereocenters. The molecule has 0 bridgehead atoms. The summed E-state index contributed by atoms with van der Waals surface area (Å²) in [6, 6.07) is 10.9. The van der Waals surface area contributed by atoms with Gasteiger partial charge in [-0.1, -0.05) is 26.0 Å². The third kappa shape index (κ3) is 9.51. The van der Waals surface area contributed by atoms with Gasteiger partial charge in [-0.05, 0) is 74.8 Å². The van der Waals surface area contributed by atoms with Crippen LogP contribution in [0, 0.1) is 5.92 Å². The van der Waals surface area contributed by atoms with Gasteiger partial charge >= 0.3 is 6.09 Å². The van der Waals surface area contributed by atoms with Crippen molar-refractivity contribution in [3.05, 3.63) is 65.2 Å². The number of nitrogens with one attached hydrogen (secondary N) is 2. The molecule has 5 amide bonds. The van der Waals surface area contributed by atoms with Gasteiger partial charge in [-0.2, -0.15) is 0 Å². The molecule has 3 aromatic rings. The normalized spacial score (nSPS) is 19.4. The largest absolute Gasteiger partial charge is 0.493 e. The number of carbonyl (C=O) groups excluding carboxylic acids is 5. The van der Waals surface area contributed by atoms with Crippen LogP contribution in [0.25, 0.3) is 0 Å². The summed E-state index contributed by atoms with van der Waals surface area (Å²) in [6.45, 7) is 6.80. The number of rotatable bonds is 17. The van der Waals surface area contributed by atoms with Gasteiger partial charge in [0.15, 0.2) is 29.2 Å². The smallest absolute Gasteiger partial charge is 0.416 e. The first-order valence-corrected chi connectivity index (χ1v) is 21.2. The summed E-state index contributed by atoms with van der Waals surface area (Å²) in [4.78, 5) is 74.5. The van der Waals surface area contributed by atoms with Crippen molar-refractivity contribution in [1.29, 1.82) is 0 Å². The lowest BCUT2D eigenvalue weighted by Gasteiger charge is -2.43. The second-order valence-electron chi connectivity index (χ2n) is 16.3. The molecule has 0 saturated carbocycles. The molecule has 18 heteroatoms. The van der Waals surface area contributed by atoms with E-state index in [1.165, 1.54) is 31.3 Å². The van der Waals surface area contributed by atoms with Crippen LogP contribution in [0.3, 0.4) is 0 Å². The molecule has 2 fully saturated rings. The summed E-state index contributed by atoms with van der Waals surface area (Å²) in [5, 5.41) is 16.9. The first-order chi connectivity index (χ1) is 30.3. The minimum Gasteiger partial charge on any atom is -0.493 e. The number of ether oxygens (including phenoxy) is 5. The maximum absolute atomic E-state index is 13.8.